The van der Waals surface area contributed by atoms with Gasteiger partial charge < -0.3 is 30.7 Å². The van der Waals surface area contributed by atoms with E-state index >= 15 is 0 Å². The lowest BCUT2D eigenvalue weighted by atomic mass is 9.88. The summed E-state index contributed by atoms with van der Waals surface area (Å²) in [6.45, 7) is 3.61. The van der Waals surface area contributed by atoms with E-state index in [0.717, 1.165) is 38.9 Å². The van der Waals surface area contributed by atoms with E-state index in [1.54, 1.807) is 36.4 Å². The number of phenols is 1. The summed E-state index contributed by atoms with van der Waals surface area (Å²) >= 11 is 0. The molecule has 5 N–H and O–H groups in total. The van der Waals surface area contributed by atoms with Gasteiger partial charge in [0.25, 0.3) is 5.91 Å². The number of amides is 3. The van der Waals surface area contributed by atoms with Crippen molar-refractivity contribution in [3.05, 3.63) is 163 Å². The molecule has 0 aliphatic carbocycles. The summed E-state index contributed by atoms with van der Waals surface area (Å²) in [6.07, 6.45) is 0.865. The number of piperidine rings is 1. The Morgan fingerprint density at radius 2 is 1.31 bits per heavy atom. The molecule has 10 heteroatoms. The molecule has 0 bridgehead atoms. The van der Waals surface area contributed by atoms with Gasteiger partial charge in [0.1, 0.15) is 11.9 Å². The first-order chi connectivity index (χ1) is 28.9. The van der Waals surface area contributed by atoms with Gasteiger partial charge in [0, 0.05) is 62.5 Å². The van der Waals surface area contributed by atoms with E-state index in [1.165, 1.54) is 0 Å². The molecule has 0 atom stereocenters. The maximum Gasteiger partial charge on any atom is 0.411 e. The van der Waals surface area contributed by atoms with Crippen molar-refractivity contribution in [2.75, 3.05) is 43.4 Å². The predicted octanol–water partition coefficient (Wildman–Crippen LogP) is 8.95. The monoisotopic (exact) mass is 787 g/mol. The predicted molar refractivity (Wildman–Crippen MR) is 234 cm³/mol. The summed E-state index contributed by atoms with van der Waals surface area (Å²) in [7, 11) is 0. The average molecular weight is 788 g/mol. The minimum absolute atomic E-state index is 0.138. The minimum Gasteiger partial charge on any atom is -0.508 e. The number of hydrogen-bond donors (Lipinski definition) is 5. The van der Waals surface area contributed by atoms with E-state index in [1.807, 2.05) is 72.8 Å². The molecule has 1 aliphatic heterocycles. The Labute approximate surface area is 345 Å². The molecule has 7 rings (SSSR count). The lowest BCUT2D eigenvalue weighted by Gasteiger charge is -2.31. The number of nitrogens with one attached hydrogen (secondary N) is 4. The summed E-state index contributed by atoms with van der Waals surface area (Å²) in [6, 6.07) is 48.5. The van der Waals surface area contributed by atoms with Crippen LogP contribution < -0.4 is 21.3 Å². The van der Waals surface area contributed by atoms with E-state index < -0.39 is 6.09 Å². The van der Waals surface area contributed by atoms with Gasteiger partial charge in [-0.2, -0.15) is 0 Å². The van der Waals surface area contributed by atoms with Gasteiger partial charge in [-0.3, -0.25) is 14.9 Å². The average Bonchev–Trinajstić information content (AvgIpc) is 3.27. The van der Waals surface area contributed by atoms with E-state index in [0.29, 0.717) is 75.5 Å². The zero-order chi connectivity index (χ0) is 40.8. The summed E-state index contributed by atoms with van der Waals surface area (Å²) in [5, 5.41) is 21.6. The lowest BCUT2D eigenvalue weighted by Crippen LogP contribution is -2.39. The van der Waals surface area contributed by atoms with Gasteiger partial charge in [0.05, 0.1) is 5.69 Å². The molecule has 1 fully saturated rings. The number of nitrogens with zero attached hydrogens (tertiary/aromatic N) is 1. The van der Waals surface area contributed by atoms with Crippen molar-refractivity contribution in [2.24, 2.45) is 0 Å². The number of hydrogen-bond acceptors (Lipinski definition) is 7. The van der Waals surface area contributed by atoms with Crippen molar-refractivity contribution in [3.63, 3.8) is 0 Å². The number of phenolic OH excluding ortho intramolecular Hbond substituents is 1. The second-order valence-corrected chi connectivity index (χ2v) is 14.6. The van der Waals surface area contributed by atoms with Crippen molar-refractivity contribution in [1.82, 2.24) is 15.5 Å². The van der Waals surface area contributed by atoms with Crippen molar-refractivity contribution in [1.29, 1.82) is 0 Å². The lowest BCUT2D eigenvalue weighted by molar-refractivity contribution is -0.116. The fourth-order valence-electron chi connectivity index (χ4n) is 7.35. The van der Waals surface area contributed by atoms with Crippen LogP contribution in [0, 0.1) is 0 Å². The first kappa shape index (κ1) is 40.4. The molecule has 0 radical (unpaired) electrons. The van der Waals surface area contributed by atoms with E-state index in [9.17, 15) is 19.5 Å². The molecule has 1 saturated heterocycles. The standard InChI is InChI=1S/C49H49N5O5/c55-40-23-21-35(22-24-40)34-50-28-29-51-48(57)38-15-9-16-39(33-38)52-46(56)27-32-54-30-25-41(26-31-54)59-49(58)53-45-20-10-19-43(37-13-5-2-6-14-37)47(45)44-18-8-7-17-42(44)36-11-3-1-4-12-36/h1-24,33,41,50,55H,25-32,34H2,(H,51,57)(H,52,56)(H,53,58). The molecule has 3 amide bonds. The van der Waals surface area contributed by atoms with Crippen LogP contribution >= 0.6 is 0 Å². The molecule has 1 heterocycles. The molecular weight excluding hydrogens is 739 g/mol. The first-order valence-electron chi connectivity index (χ1n) is 20.1. The zero-order valence-corrected chi connectivity index (χ0v) is 32.9. The highest BCUT2D eigenvalue weighted by Crippen LogP contribution is 2.42. The van der Waals surface area contributed by atoms with Crippen LogP contribution in [0.3, 0.4) is 0 Å². The minimum atomic E-state index is -0.496. The van der Waals surface area contributed by atoms with E-state index in [4.69, 9.17) is 4.74 Å². The van der Waals surface area contributed by atoms with Crippen LogP contribution in [0.1, 0.15) is 35.2 Å². The molecule has 0 saturated carbocycles. The first-order valence-corrected chi connectivity index (χ1v) is 20.1. The highest BCUT2D eigenvalue weighted by molar-refractivity contribution is 6.02. The zero-order valence-electron chi connectivity index (χ0n) is 32.9. The SMILES string of the molecule is O=C(CCN1CCC(OC(=O)Nc2cccc(-c3ccccc3)c2-c2ccccc2-c2ccccc2)CC1)Nc1cccc(C(=O)NCCNCc2ccc(O)cc2)c1. The van der Waals surface area contributed by atoms with Crippen LogP contribution in [0.2, 0.25) is 0 Å². The van der Waals surface area contributed by atoms with Crippen LogP contribution in [0.5, 0.6) is 5.75 Å². The Morgan fingerprint density at radius 3 is 2.03 bits per heavy atom. The fraction of sp³-hybridized carbons (Fsp3) is 0.204. The molecule has 6 aromatic rings. The second-order valence-electron chi connectivity index (χ2n) is 14.6. The Hall–Kier alpha value is -6.75. The molecule has 1 aliphatic rings. The Balaban J connectivity index is 0.882. The van der Waals surface area contributed by atoms with E-state index in [2.05, 4.69) is 68.6 Å². The fourth-order valence-corrected chi connectivity index (χ4v) is 7.35. The molecular formula is C49H49N5O5. The van der Waals surface area contributed by atoms with Gasteiger partial charge in [0.2, 0.25) is 5.91 Å². The van der Waals surface area contributed by atoms with Gasteiger partial charge in [-0.05, 0) is 82.6 Å². The third-order valence-corrected chi connectivity index (χ3v) is 10.4. The number of aromatic hydroxyl groups is 1. The summed E-state index contributed by atoms with van der Waals surface area (Å²) < 4.78 is 5.99. The molecule has 6 aromatic carbocycles. The van der Waals surface area contributed by atoms with Crippen LogP contribution in [-0.4, -0.2) is 66.7 Å². The van der Waals surface area contributed by atoms with Gasteiger partial charge in [0.15, 0.2) is 0 Å². The van der Waals surface area contributed by atoms with Crippen LogP contribution in [0.15, 0.2) is 152 Å². The molecule has 59 heavy (non-hydrogen) atoms. The number of carbonyl (C=O) groups is 3. The molecule has 10 nitrogen and oxygen atoms in total. The number of anilines is 2. The van der Waals surface area contributed by atoms with Crippen molar-refractivity contribution >= 4 is 29.3 Å². The number of ether oxygens (including phenoxy) is 1. The van der Waals surface area contributed by atoms with Crippen LogP contribution in [0.25, 0.3) is 33.4 Å². The largest absolute Gasteiger partial charge is 0.508 e. The van der Waals surface area contributed by atoms with Crippen molar-refractivity contribution in [2.45, 2.75) is 31.9 Å². The maximum absolute atomic E-state index is 13.5. The highest BCUT2D eigenvalue weighted by Gasteiger charge is 2.24. The Kier molecular flexibility index (Phi) is 13.8. The topological polar surface area (TPSA) is 132 Å². The number of benzene rings is 6. The van der Waals surface area contributed by atoms with Gasteiger partial charge in [-0.1, -0.05) is 115 Å². The van der Waals surface area contributed by atoms with E-state index in [-0.39, 0.29) is 23.7 Å². The third kappa shape index (κ3) is 11.2. The number of likely N-dealkylation sites (tertiary alicyclic amines) is 1. The summed E-state index contributed by atoms with van der Waals surface area (Å²) in [4.78, 5) is 41.4. The Morgan fingerprint density at radius 1 is 0.661 bits per heavy atom. The molecule has 0 spiro atoms. The summed E-state index contributed by atoms with van der Waals surface area (Å²) in [5.74, 6) is -0.133. The van der Waals surface area contributed by atoms with Crippen LogP contribution in [0.4, 0.5) is 16.2 Å². The smallest absolute Gasteiger partial charge is 0.411 e. The highest BCUT2D eigenvalue weighted by atomic mass is 16.6. The van der Waals surface area contributed by atoms with Crippen molar-refractivity contribution in [3.8, 4) is 39.1 Å². The molecule has 300 valence electrons. The maximum atomic E-state index is 13.5. The normalized spacial score (nSPS) is 13.0. The third-order valence-electron chi connectivity index (χ3n) is 10.4. The molecule has 0 unspecified atom stereocenters. The second kappa shape index (κ2) is 20.1. The van der Waals surface area contributed by atoms with Gasteiger partial charge in [-0.15, -0.1) is 0 Å². The van der Waals surface area contributed by atoms with Gasteiger partial charge in [-0.25, -0.2) is 4.79 Å². The summed E-state index contributed by atoms with van der Waals surface area (Å²) in [5.41, 5.74) is 8.86. The number of carbonyl (C=O) groups excluding carboxylic acids is 3. The van der Waals surface area contributed by atoms with Gasteiger partial charge >= 0.3 is 6.09 Å². The Bertz CT molecular complexity index is 2330. The van der Waals surface area contributed by atoms with Crippen LogP contribution in [-0.2, 0) is 16.1 Å². The number of rotatable bonds is 15. The molecule has 0 aromatic heterocycles. The quantitative estimate of drug-likeness (QED) is 0.0657. The van der Waals surface area contributed by atoms with Crippen molar-refractivity contribution < 1.29 is 24.2 Å².